The summed E-state index contributed by atoms with van der Waals surface area (Å²) in [7, 11) is 0. The van der Waals surface area contributed by atoms with Crippen LogP contribution >= 0.6 is 0 Å². The fraction of sp³-hybridized carbons (Fsp3) is 0.864. The molecule has 0 aromatic rings. The first-order valence-electron chi connectivity index (χ1n) is 11.2. The molecule has 3 N–H and O–H groups in total. The van der Waals surface area contributed by atoms with Crippen LogP contribution < -0.4 is 5.32 Å². The van der Waals surface area contributed by atoms with Crippen LogP contribution in [0.2, 0.25) is 0 Å². The average molecular weight is 480 g/mol. The minimum atomic E-state index is -1.35. The van der Waals surface area contributed by atoms with Gasteiger partial charge in [-0.1, -0.05) is 96.8 Å². The van der Waals surface area contributed by atoms with Crippen LogP contribution in [-0.2, 0) is 14.4 Å². The van der Waals surface area contributed by atoms with Crippen molar-refractivity contribution in [2.75, 3.05) is 0 Å². The molecule has 0 aromatic heterocycles. The SMILES string of the molecule is CCCCCCCCCCCCCCCCCC(=O)N[C@@H](CC(=O)O)C(=O)O.[KH].[KH]. The molecule has 6 nitrogen and oxygen atoms in total. The first-order valence-corrected chi connectivity index (χ1v) is 11.2. The van der Waals surface area contributed by atoms with E-state index in [4.69, 9.17) is 10.2 Å². The standard InChI is InChI=1S/C22H41NO5.2K.2H/c1-2-3-4-5-6-7-8-9-10-11-12-13-14-15-16-17-20(24)23-19(22(27)28)18-21(25)26;;;;/h19H,2-18H2,1H3,(H,23,24)(H,25,26)(H,27,28);;;;/t19-;;;;/m0..../s1. The van der Waals surface area contributed by atoms with Gasteiger partial charge in [0.25, 0.3) is 0 Å². The number of amides is 1. The van der Waals surface area contributed by atoms with Crippen molar-refractivity contribution in [3.63, 3.8) is 0 Å². The van der Waals surface area contributed by atoms with E-state index in [1.165, 1.54) is 77.0 Å². The van der Waals surface area contributed by atoms with E-state index in [-0.39, 0.29) is 115 Å². The molecular formula is C22H43K2NO5. The number of aliphatic carboxylic acids is 2. The quantitative estimate of drug-likeness (QED) is 0.181. The van der Waals surface area contributed by atoms with Crippen LogP contribution in [0, 0.1) is 0 Å². The van der Waals surface area contributed by atoms with Gasteiger partial charge >= 0.3 is 115 Å². The number of carboxylic acid groups (broad SMARTS) is 2. The van der Waals surface area contributed by atoms with Crippen molar-refractivity contribution in [2.24, 2.45) is 0 Å². The summed E-state index contributed by atoms with van der Waals surface area (Å²) in [5, 5.41) is 19.8. The van der Waals surface area contributed by atoms with Crippen LogP contribution in [0.25, 0.3) is 0 Å². The summed E-state index contributed by atoms with van der Waals surface area (Å²) in [5.41, 5.74) is 0. The predicted octanol–water partition coefficient (Wildman–Crippen LogP) is 4.00. The summed E-state index contributed by atoms with van der Waals surface area (Å²) in [4.78, 5) is 33.2. The van der Waals surface area contributed by atoms with Crippen molar-refractivity contribution in [3.05, 3.63) is 0 Å². The van der Waals surface area contributed by atoms with Gasteiger partial charge in [-0.2, -0.15) is 0 Å². The topological polar surface area (TPSA) is 104 Å². The maximum atomic E-state index is 11.7. The molecule has 0 aliphatic carbocycles. The fourth-order valence-electron chi connectivity index (χ4n) is 3.30. The molecule has 1 atom stereocenters. The Balaban J connectivity index is -0.00000364. The number of hydrogen-bond acceptors (Lipinski definition) is 3. The third-order valence-corrected chi connectivity index (χ3v) is 5.02. The Hall–Kier alpha value is 1.68. The number of hydrogen-bond donors (Lipinski definition) is 3. The van der Waals surface area contributed by atoms with Gasteiger partial charge in [-0.3, -0.25) is 9.59 Å². The Morgan fingerprint density at radius 1 is 0.667 bits per heavy atom. The molecule has 30 heavy (non-hydrogen) atoms. The van der Waals surface area contributed by atoms with Gasteiger partial charge in [0, 0.05) is 6.42 Å². The first kappa shape index (κ1) is 36.3. The molecule has 0 aromatic carbocycles. The summed E-state index contributed by atoms with van der Waals surface area (Å²) in [6, 6.07) is -1.35. The molecule has 8 heteroatoms. The molecule has 0 radical (unpaired) electrons. The van der Waals surface area contributed by atoms with Gasteiger partial charge in [-0.05, 0) is 6.42 Å². The van der Waals surface area contributed by atoms with E-state index in [9.17, 15) is 14.4 Å². The Bertz CT molecular complexity index is 436. The van der Waals surface area contributed by atoms with Crippen molar-refractivity contribution >= 4 is 121 Å². The Morgan fingerprint density at radius 2 is 1.03 bits per heavy atom. The van der Waals surface area contributed by atoms with Gasteiger partial charge in [0.2, 0.25) is 5.91 Å². The van der Waals surface area contributed by atoms with E-state index in [1.807, 2.05) is 0 Å². The van der Waals surface area contributed by atoms with Gasteiger partial charge in [-0.15, -0.1) is 0 Å². The summed E-state index contributed by atoms with van der Waals surface area (Å²) in [6.45, 7) is 2.25. The second-order valence-corrected chi connectivity index (χ2v) is 7.76. The molecule has 0 unspecified atom stereocenters. The van der Waals surface area contributed by atoms with E-state index < -0.39 is 24.4 Å². The Morgan fingerprint density at radius 3 is 1.37 bits per heavy atom. The zero-order valence-electron chi connectivity index (χ0n) is 17.7. The number of carboxylic acids is 2. The van der Waals surface area contributed by atoms with Crippen molar-refractivity contribution in [1.82, 2.24) is 5.32 Å². The normalized spacial score (nSPS) is 11.1. The molecule has 0 aliphatic heterocycles. The molecule has 0 heterocycles. The van der Waals surface area contributed by atoms with Gasteiger partial charge in [-0.25, -0.2) is 4.79 Å². The Labute approximate surface area is 268 Å². The average Bonchev–Trinajstić information content (AvgIpc) is 2.64. The summed E-state index contributed by atoms with van der Waals surface area (Å²) >= 11 is 0. The molecule has 0 saturated carbocycles. The molecule has 0 saturated heterocycles. The zero-order chi connectivity index (χ0) is 21.0. The summed E-state index contributed by atoms with van der Waals surface area (Å²) in [5.74, 6) is -2.93. The number of carbonyl (C=O) groups is 3. The minimum absolute atomic E-state index is 0. The van der Waals surface area contributed by atoms with Crippen molar-refractivity contribution in [1.29, 1.82) is 0 Å². The zero-order valence-corrected chi connectivity index (χ0v) is 17.7. The number of unbranched alkanes of at least 4 members (excludes halogenated alkanes) is 14. The van der Waals surface area contributed by atoms with Gasteiger partial charge < -0.3 is 15.5 Å². The van der Waals surface area contributed by atoms with Crippen LogP contribution in [0.1, 0.15) is 116 Å². The molecule has 0 bridgehead atoms. The van der Waals surface area contributed by atoms with E-state index in [2.05, 4.69) is 12.2 Å². The molecule has 0 aliphatic rings. The molecule has 168 valence electrons. The number of rotatable bonds is 20. The second-order valence-electron chi connectivity index (χ2n) is 7.76. The monoisotopic (exact) mass is 479 g/mol. The predicted molar refractivity (Wildman–Crippen MR) is 126 cm³/mol. The van der Waals surface area contributed by atoms with Crippen LogP contribution in [0.3, 0.4) is 0 Å². The fourth-order valence-corrected chi connectivity index (χ4v) is 3.30. The van der Waals surface area contributed by atoms with Gasteiger partial charge in [0.15, 0.2) is 0 Å². The van der Waals surface area contributed by atoms with Crippen molar-refractivity contribution in [3.8, 4) is 0 Å². The summed E-state index contributed by atoms with van der Waals surface area (Å²) < 4.78 is 0. The molecule has 0 spiro atoms. The molecular weight excluding hydrogens is 436 g/mol. The van der Waals surface area contributed by atoms with Gasteiger partial charge in [0.1, 0.15) is 6.04 Å². The third-order valence-electron chi connectivity index (χ3n) is 5.02. The van der Waals surface area contributed by atoms with Crippen LogP contribution in [0.5, 0.6) is 0 Å². The molecule has 0 fully saturated rings. The molecule has 1 amide bonds. The van der Waals surface area contributed by atoms with Crippen molar-refractivity contribution in [2.45, 2.75) is 122 Å². The van der Waals surface area contributed by atoms with Crippen LogP contribution in [-0.4, -0.2) is 137 Å². The van der Waals surface area contributed by atoms with E-state index in [0.29, 0.717) is 6.42 Å². The number of carbonyl (C=O) groups excluding carboxylic acids is 1. The first-order chi connectivity index (χ1) is 13.5. The van der Waals surface area contributed by atoms with Crippen LogP contribution in [0.15, 0.2) is 0 Å². The molecule has 0 rings (SSSR count). The van der Waals surface area contributed by atoms with Gasteiger partial charge in [0.05, 0.1) is 6.42 Å². The third kappa shape index (κ3) is 25.9. The maximum absolute atomic E-state index is 11.7. The Kier molecular flexibility index (Phi) is 32.5. The van der Waals surface area contributed by atoms with E-state index >= 15 is 0 Å². The number of nitrogens with one attached hydrogen (secondary N) is 1. The van der Waals surface area contributed by atoms with E-state index in [0.717, 1.165) is 12.8 Å². The summed E-state index contributed by atoms with van der Waals surface area (Å²) in [6.07, 6.45) is 18.3. The van der Waals surface area contributed by atoms with Crippen molar-refractivity contribution < 1.29 is 24.6 Å². The van der Waals surface area contributed by atoms with E-state index in [1.54, 1.807) is 0 Å². The van der Waals surface area contributed by atoms with Crippen LogP contribution in [0.4, 0.5) is 0 Å². The second kappa shape index (κ2) is 26.9.